The number of hydrogen-bond donors (Lipinski definition) is 1. The highest BCUT2D eigenvalue weighted by Crippen LogP contribution is 2.33. The molecule has 5 heteroatoms. The van der Waals surface area contributed by atoms with Crippen LogP contribution in [0.2, 0.25) is 0 Å². The molecule has 2 aromatic rings. The number of nitrogens with zero attached hydrogens (tertiary/aromatic N) is 3. The van der Waals surface area contributed by atoms with Crippen molar-refractivity contribution < 1.29 is 0 Å². The maximum Gasteiger partial charge on any atom is 0.195 e. The lowest BCUT2D eigenvalue weighted by atomic mass is 9.84. The molecular weight excluding hydrogens is 256 g/mol. The standard InChI is InChI=1S/C14H22N4S/c1-14(2)5-4-6-17(10-14)12-11(9-15-3)18-7-8-19-13(18)16-12/h7-8,15H,4-6,9-10H2,1-3H3. The van der Waals surface area contributed by atoms with Gasteiger partial charge < -0.3 is 10.2 Å². The lowest BCUT2D eigenvalue weighted by molar-refractivity contribution is 0.292. The summed E-state index contributed by atoms with van der Waals surface area (Å²) in [7, 11) is 2.00. The molecule has 1 N–H and O–H groups in total. The Balaban J connectivity index is 1.99. The summed E-state index contributed by atoms with van der Waals surface area (Å²) in [6, 6.07) is 0. The maximum absolute atomic E-state index is 4.85. The molecule has 0 atom stereocenters. The molecule has 0 aliphatic carbocycles. The Kier molecular flexibility index (Phi) is 3.27. The number of hydrogen-bond acceptors (Lipinski definition) is 4. The van der Waals surface area contributed by atoms with Gasteiger partial charge in [-0.15, -0.1) is 11.3 Å². The van der Waals surface area contributed by atoms with Gasteiger partial charge in [-0.05, 0) is 25.3 Å². The van der Waals surface area contributed by atoms with E-state index in [1.165, 1.54) is 24.4 Å². The quantitative estimate of drug-likeness (QED) is 0.937. The van der Waals surface area contributed by atoms with Crippen molar-refractivity contribution in [1.82, 2.24) is 14.7 Å². The van der Waals surface area contributed by atoms with E-state index in [1.54, 1.807) is 11.3 Å². The van der Waals surface area contributed by atoms with Crippen molar-refractivity contribution >= 4 is 22.1 Å². The molecule has 0 aromatic carbocycles. The first-order chi connectivity index (χ1) is 9.11. The number of nitrogens with one attached hydrogen (secondary N) is 1. The molecule has 0 amide bonds. The molecule has 0 bridgehead atoms. The first kappa shape index (κ1) is 12.9. The van der Waals surface area contributed by atoms with Crippen molar-refractivity contribution in [2.24, 2.45) is 5.41 Å². The molecule has 2 aromatic heterocycles. The Morgan fingerprint density at radius 1 is 1.47 bits per heavy atom. The topological polar surface area (TPSA) is 32.6 Å². The summed E-state index contributed by atoms with van der Waals surface area (Å²) in [4.78, 5) is 8.42. The number of anilines is 1. The number of fused-ring (bicyclic) bond motifs is 1. The second kappa shape index (κ2) is 4.80. The lowest BCUT2D eigenvalue weighted by Crippen LogP contribution is -2.40. The SMILES string of the molecule is CNCc1c(N2CCCC(C)(C)C2)nc2sccn12. The van der Waals surface area contributed by atoms with E-state index in [9.17, 15) is 0 Å². The predicted molar refractivity (Wildman–Crippen MR) is 81.1 cm³/mol. The highest BCUT2D eigenvalue weighted by Gasteiger charge is 2.29. The second-order valence-electron chi connectivity index (χ2n) is 6.16. The minimum Gasteiger partial charge on any atom is -0.354 e. The third kappa shape index (κ3) is 2.37. The molecule has 0 saturated carbocycles. The summed E-state index contributed by atoms with van der Waals surface area (Å²) < 4.78 is 2.22. The van der Waals surface area contributed by atoms with Gasteiger partial charge >= 0.3 is 0 Å². The van der Waals surface area contributed by atoms with E-state index >= 15 is 0 Å². The van der Waals surface area contributed by atoms with Gasteiger partial charge in [0, 0.05) is 31.2 Å². The van der Waals surface area contributed by atoms with Crippen molar-refractivity contribution in [2.45, 2.75) is 33.2 Å². The van der Waals surface area contributed by atoms with E-state index in [0.29, 0.717) is 5.41 Å². The zero-order valence-electron chi connectivity index (χ0n) is 11.9. The van der Waals surface area contributed by atoms with Crippen molar-refractivity contribution in [3.8, 4) is 0 Å². The molecule has 19 heavy (non-hydrogen) atoms. The van der Waals surface area contributed by atoms with Crippen LogP contribution in [0.4, 0.5) is 5.82 Å². The Labute approximate surface area is 118 Å². The highest BCUT2D eigenvalue weighted by atomic mass is 32.1. The van der Waals surface area contributed by atoms with E-state index in [4.69, 9.17) is 4.98 Å². The van der Waals surface area contributed by atoms with E-state index in [2.05, 4.69) is 40.0 Å². The molecule has 104 valence electrons. The fourth-order valence-corrected chi connectivity index (χ4v) is 3.74. The number of piperidine rings is 1. The van der Waals surface area contributed by atoms with Gasteiger partial charge in [-0.1, -0.05) is 13.8 Å². The van der Waals surface area contributed by atoms with Gasteiger partial charge in [0.05, 0.1) is 5.69 Å². The van der Waals surface area contributed by atoms with Gasteiger partial charge in [0.1, 0.15) is 0 Å². The van der Waals surface area contributed by atoms with Crippen LogP contribution in [0.3, 0.4) is 0 Å². The average molecular weight is 278 g/mol. The van der Waals surface area contributed by atoms with Crippen LogP contribution >= 0.6 is 11.3 Å². The normalized spacial score (nSPS) is 19.2. The Bertz CT molecular complexity index is 569. The molecule has 1 fully saturated rings. The Morgan fingerprint density at radius 2 is 2.32 bits per heavy atom. The average Bonchev–Trinajstić information content (AvgIpc) is 2.90. The molecule has 3 rings (SSSR count). The molecule has 1 saturated heterocycles. The number of aromatic nitrogens is 2. The third-order valence-corrected chi connectivity index (χ3v) is 4.64. The Morgan fingerprint density at radius 3 is 3.05 bits per heavy atom. The number of thiazole rings is 1. The number of imidazole rings is 1. The minimum absolute atomic E-state index is 0.395. The first-order valence-corrected chi connectivity index (χ1v) is 7.83. The molecule has 0 unspecified atom stereocenters. The van der Waals surface area contributed by atoms with Gasteiger partial charge in [0.15, 0.2) is 10.8 Å². The van der Waals surface area contributed by atoms with Crippen LogP contribution in [0.5, 0.6) is 0 Å². The summed E-state index contributed by atoms with van der Waals surface area (Å²) >= 11 is 1.71. The lowest BCUT2D eigenvalue weighted by Gasteiger charge is -2.38. The van der Waals surface area contributed by atoms with Crippen LogP contribution in [0, 0.1) is 5.41 Å². The van der Waals surface area contributed by atoms with E-state index in [-0.39, 0.29) is 0 Å². The molecule has 0 radical (unpaired) electrons. The van der Waals surface area contributed by atoms with Crippen LogP contribution in [0.1, 0.15) is 32.4 Å². The zero-order valence-corrected chi connectivity index (χ0v) is 12.8. The second-order valence-corrected chi connectivity index (χ2v) is 7.03. The van der Waals surface area contributed by atoms with Crippen LogP contribution in [-0.2, 0) is 6.54 Å². The fourth-order valence-electron chi connectivity index (χ4n) is 3.01. The van der Waals surface area contributed by atoms with Gasteiger partial charge in [0.25, 0.3) is 0 Å². The first-order valence-electron chi connectivity index (χ1n) is 6.95. The maximum atomic E-state index is 4.85. The molecule has 1 aliphatic rings. The highest BCUT2D eigenvalue weighted by molar-refractivity contribution is 7.15. The summed E-state index contributed by atoms with van der Waals surface area (Å²) in [5, 5.41) is 5.37. The number of rotatable bonds is 3. The van der Waals surface area contributed by atoms with E-state index in [1.807, 2.05) is 7.05 Å². The molecule has 4 nitrogen and oxygen atoms in total. The van der Waals surface area contributed by atoms with Gasteiger partial charge in [-0.2, -0.15) is 0 Å². The van der Waals surface area contributed by atoms with E-state index < -0.39 is 0 Å². The molecule has 3 heterocycles. The largest absolute Gasteiger partial charge is 0.354 e. The van der Waals surface area contributed by atoms with Crippen LogP contribution in [-0.4, -0.2) is 29.5 Å². The monoisotopic (exact) mass is 278 g/mol. The zero-order chi connectivity index (χ0) is 13.5. The van der Waals surface area contributed by atoms with E-state index in [0.717, 1.165) is 24.6 Å². The Hall–Kier alpha value is -1.07. The predicted octanol–water partition coefficient (Wildman–Crippen LogP) is 2.74. The van der Waals surface area contributed by atoms with Crippen molar-refractivity contribution in [1.29, 1.82) is 0 Å². The molecule has 0 spiro atoms. The fraction of sp³-hybridized carbons (Fsp3) is 0.643. The summed E-state index contributed by atoms with van der Waals surface area (Å²) in [5.74, 6) is 1.17. The summed E-state index contributed by atoms with van der Waals surface area (Å²) in [6.45, 7) is 7.81. The molecule has 1 aliphatic heterocycles. The van der Waals surface area contributed by atoms with Crippen LogP contribution in [0.15, 0.2) is 11.6 Å². The van der Waals surface area contributed by atoms with Crippen molar-refractivity contribution in [2.75, 3.05) is 25.0 Å². The smallest absolute Gasteiger partial charge is 0.195 e. The van der Waals surface area contributed by atoms with Crippen LogP contribution in [0.25, 0.3) is 4.96 Å². The minimum atomic E-state index is 0.395. The van der Waals surface area contributed by atoms with Crippen LogP contribution < -0.4 is 10.2 Å². The third-order valence-electron chi connectivity index (χ3n) is 3.88. The van der Waals surface area contributed by atoms with Gasteiger partial charge in [-0.25, -0.2) is 4.98 Å². The molecular formula is C14H22N4S. The summed E-state index contributed by atoms with van der Waals surface area (Å²) in [5.41, 5.74) is 1.68. The summed E-state index contributed by atoms with van der Waals surface area (Å²) in [6.07, 6.45) is 4.70. The van der Waals surface area contributed by atoms with Gasteiger partial charge in [0.2, 0.25) is 0 Å². The van der Waals surface area contributed by atoms with Crippen molar-refractivity contribution in [3.63, 3.8) is 0 Å². The van der Waals surface area contributed by atoms with Crippen molar-refractivity contribution in [3.05, 3.63) is 17.3 Å². The van der Waals surface area contributed by atoms with Gasteiger partial charge in [-0.3, -0.25) is 4.40 Å².